The Labute approximate surface area is 116 Å². The van der Waals surface area contributed by atoms with Crippen molar-refractivity contribution < 1.29 is 18.7 Å². The second-order valence-electron chi connectivity index (χ2n) is 5.28. The highest BCUT2D eigenvalue weighted by atomic mass is 32.2. The van der Waals surface area contributed by atoms with E-state index < -0.39 is 16.0 Å². The van der Waals surface area contributed by atoms with Crippen molar-refractivity contribution in [3.05, 3.63) is 0 Å². The van der Waals surface area contributed by atoms with Gasteiger partial charge in [-0.25, -0.2) is 4.79 Å². The summed E-state index contributed by atoms with van der Waals surface area (Å²) >= 11 is 0.788. The van der Waals surface area contributed by atoms with Crippen molar-refractivity contribution in [2.75, 3.05) is 19.8 Å². The fourth-order valence-electron chi connectivity index (χ4n) is 1.23. The summed E-state index contributed by atoms with van der Waals surface area (Å²) in [5.74, 6) is -1.19. The lowest BCUT2D eigenvalue weighted by Gasteiger charge is -2.22. The van der Waals surface area contributed by atoms with Crippen molar-refractivity contribution in [3.8, 4) is 0 Å². The van der Waals surface area contributed by atoms with Gasteiger partial charge >= 0.3 is 12.4 Å². The molecular weight excluding hydrogens is 268 g/mol. The van der Waals surface area contributed by atoms with Crippen molar-refractivity contribution in [3.63, 3.8) is 0 Å². The molecule has 0 aromatic heterocycles. The van der Waals surface area contributed by atoms with Crippen LogP contribution in [0.3, 0.4) is 0 Å². The Hall–Kier alpha value is -1.41. The van der Waals surface area contributed by atoms with E-state index >= 15 is 0 Å². The summed E-state index contributed by atoms with van der Waals surface area (Å²) < 4.78 is -0.659. The summed E-state index contributed by atoms with van der Waals surface area (Å²) in [6.45, 7) is 5.71. The zero-order valence-electron chi connectivity index (χ0n) is 11.6. The lowest BCUT2D eigenvalue weighted by atomic mass is 9.96. The molecule has 0 aliphatic carbocycles. The first kappa shape index (κ1) is 15.6. The molecule has 1 heterocycles. The molecule has 19 heavy (non-hydrogen) atoms. The molecule has 0 saturated heterocycles. The predicted octanol–water partition coefficient (Wildman–Crippen LogP) is 0.161. The maximum absolute atomic E-state index is 12.2. The van der Waals surface area contributed by atoms with Gasteiger partial charge in [0.05, 0.1) is 11.7 Å². The van der Waals surface area contributed by atoms with Gasteiger partial charge in [-0.2, -0.15) is 4.99 Å². The quantitative estimate of drug-likeness (QED) is 0.546. The number of hydrogen-bond acceptors (Lipinski definition) is 6. The number of hydrogen-bond donors (Lipinski definition) is 0. The van der Waals surface area contributed by atoms with E-state index in [4.69, 9.17) is 0 Å². The molecule has 1 radical (unpaired) electrons. The average Bonchev–Trinajstić information content (AvgIpc) is 2.70. The van der Waals surface area contributed by atoms with Crippen LogP contribution in [0.4, 0.5) is 4.79 Å². The molecule has 0 fully saturated rings. The number of aliphatic imine (C=N–C) groups is 1. The Morgan fingerprint density at radius 1 is 1.42 bits per heavy atom. The Morgan fingerprint density at radius 2 is 2.00 bits per heavy atom. The number of urea groups is 1. The van der Waals surface area contributed by atoms with Gasteiger partial charge in [-0.05, 0) is 5.10 Å². The number of aliphatic carboxylic acids is 1. The van der Waals surface area contributed by atoms with Crippen LogP contribution in [0.25, 0.3) is 0 Å². The lowest BCUT2D eigenvalue weighted by molar-refractivity contribution is -0.606. The molecule has 0 saturated carbocycles. The van der Waals surface area contributed by atoms with Gasteiger partial charge in [0.2, 0.25) is 0 Å². The first-order valence-electron chi connectivity index (χ1n) is 5.62. The third kappa shape index (κ3) is 3.54. The van der Waals surface area contributed by atoms with E-state index in [1.807, 2.05) is 20.8 Å². The number of quaternary nitrogens is 1. The van der Waals surface area contributed by atoms with Gasteiger partial charge in [0.1, 0.15) is 11.9 Å². The van der Waals surface area contributed by atoms with E-state index in [1.54, 1.807) is 14.1 Å². The largest absolute Gasteiger partial charge is 0.549 e. The minimum atomic E-state index is -1.27. The molecule has 0 aromatic carbocycles. The second-order valence-corrected chi connectivity index (χ2v) is 6.36. The number of amides is 2. The summed E-state index contributed by atoms with van der Waals surface area (Å²) in [6.07, 6.45) is 2.60. The summed E-state index contributed by atoms with van der Waals surface area (Å²) in [5, 5.41) is 14.8. The van der Waals surface area contributed by atoms with E-state index in [0.29, 0.717) is 5.84 Å². The van der Waals surface area contributed by atoms with E-state index in [2.05, 4.69) is 16.4 Å². The fraction of sp³-hybridized carbons (Fsp3) is 0.636. The van der Waals surface area contributed by atoms with Crippen LogP contribution in [0.1, 0.15) is 20.8 Å². The van der Waals surface area contributed by atoms with Gasteiger partial charge in [-0.3, -0.25) is 4.90 Å². The van der Waals surface area contributed by atoms with E-state index in [-0.39, 0.29) is 11.2 Å². The molecule has 0 aromatic rings. The van der Waals surface area contributed by atoms with Gasteiger partial charge in [0, 0.05) is 23.5 Å². The molecule has 1 atom stereocenters. The zero-order valence-corrected chi connectivity index (χ0v) is 12.4. The number of amidine groups is 1. The highest BCUT2D eigenvalue weighted by Crippen LogP contribution is 2.31. The van der Waals surface area contributed by atoms with Crippen LogP contribution in [0.15, 0.2) is 10.1 Å². The van der Waals surface area contributed by atoms with Crippen LogP contribution in [0.5, 0.6) is 0 Å². The maximum atomic E-state index is 12.2. The van der Waals surface area contributed by atoms with Crippen molar-refractivity contribution in [1.82, 2.24) is 4.90 Å². The molecule has 7 nitrogen and oxygen atoms in total. The topological polar surface area (TPSA) is 85.2 Å². The monoisotopic (exact) mass is 285 g/mol. The molecule has 1 aliphatic rings. The molecule has 105 valence electrons. The number of rotatable bonds is 3. The van der Waals surface area contributed by atoms with Crippen LogP contribution in [-0.4, -0.2) is 52.9 Å². The van der Waals surface area contributed by atoms with E-state index in [9.17, 15) is 14.7 Å². The Balaban J connectivity index is 3.10. The van der Waals surface area contributed by atoms with Crippen molar-refractivity contribution in [1.29, 1.82) is 0 Å². The fourth-order valence-corrected chi connectivity index (χ4v) is 2.03. The third-order valence-corrected chi connectivity index (χ3v) is 3.27. The predicted molar refractivity (Wildman–Crippen MR) is 71.1 cm³/mol. The Bertz CT molecular complexity index is 453. The molecule has 2 amide bonds. The molecule has 0 N–H and O–H groups in total. The van der Waals surface area contributed by atoms with E-state index in [0.717, 1.165) is 11.9 Å². The van der Waals surface area contributed by atoms with Gasteiger partial charge < -0.3 is 9.90 Å². The van der Waals surface area contributed by atoms with E-state index in [1.165, 1.54) is 4.90 Å². The van der Waals surface area contributed by atoms with Crippen LogP contribution >= 0.6 is 11.9 Å². The van der Waals surface area contributed by atoms with Gasteiger partial charge in [-0.1, -0.05) is 20.8 Å². The summed E-state index contributed by atoms with van der Waals surface area (Å²) in [5.41, 5.74) is -0.346. The third-order valence-electron chi connectivity index (χ3n) is 2.21. The standard InChI is InChI=1S/C11H18N4O3S/c1-11(2,3)9-12-7-15(13-9,10(18)14(4)5)19-6-8(16)17/h6H2,1-5H3,(H,16,17)/q+1/p-1. The minimum Gasteiger partial charge on any atom is -0.549 e. The van der Waals surface area contributed by atoms with Gasteiger partial charge in [0.25, 0.3) is 0 Å². The first-order valence-corrected chi connectivity index (χ1v) is 6.57. The minimum absolute atomic E-state index is 0.346. The molecule has 1 unspecified atom stereocenters. The molecule has 0 bridgehead atoms. The van der Waals surface area contributed by atoms with Crippen LogP contribution < -0.4 is 5.11 Å². The van der Waals surface area contributed by atoms with Crippen LogP contribution in [0.2, 0.25) is 0 Å². The SMILES string of the molecule is CN(C)C(=O)[N+]1(SCC(=O)[O-])[C]=NC(C(C)(C)C)=N1. The van der Waals surface area contributed by atoms with Crippen molar-refractivity contribution >= 4 is 36.1 Å². The summed E-state index contributed by atoms with van der Waals surface area (Å²) in [7, 11) is 3.13. The number of carbonyl (C=O) groups excluding carboxylic acids is 2. The number of carboxylic acid groups (broad SMARTS) is 1. The first-order chi connectivity index (χ1) is 8.58. The molecule has 1 rings (SSSR count). The summed E-state index contributed by atoms with van der Waals surface area (Å²) in [6, 6.07) is -0.422. The summed E-state index contributed by atoms with van der Waals surface area (Å²) in [4.78, 5) is 28.1. The normalized spacial score (nSPS) is 22.3. The smallest absolute Gasteiger partial charge is 0.464 e. The lowest BCUT2D eigenvalue weighted by Crippen LogP contribution is -2.47. The van der Waals surface area contributed by atoms with Crippen molar-refractivity contribution in [2.45, 2.75) is 20.8 Å². The maximum Gasteiger partial charge on any atom is 0.464 e. The van der Waals surface area contributed by atoms with Gasteiger partial charge in [0.15, 0.2) is 5.84 Å². The number of carboxylic acids is 1. The molecule has 8 heteroatoms. The number of nitrogens with zero attached hydrogens (tertiary/aromatic N) is 4. The highest BCUT2D eigenvalue weighted by molar-refractivity contribution is 7.95. The average molecular weight is 285 g/mol. The Morgan fingerprint density at radius 3 is 2.37 bits per heavy atom. The Kier molecular flexibility index (Phi) is 4.36. The molecule has 0 spiro atoms. The highest BCUT2D eigenvalue weighted by Gasteiger charge is 2.47. The van der Waals surface area contributed by atoms with Crippen LogP contribution in [-0.2, 0) is 4.79 Å². The second kappa shape index (κ2) is 5.30. The molecular formula is C11H17N4O3S. The zero-order chi connectivity index (χ0) is 14.8. The van der Waals surface area contributed by atoms with Crippen molar-refractivity contribution in [2.24, 2.45) is 15.5 Å². The number of carbonyl (C=O) groups is 2. The molecule has 1 aliphatic heterocycles. The van der Waals surface area contributed by atoms with Crippen LogP contribution in [0, 0.1) is 5.41 Å². The van der Waals surface area contributed by atoms with Gasteiger partial charge in [-0.15, -0.1) is 0 Å².